The van der Waals surface area contributed by atoms with E-state index in [-0.39, 0.29) is 29.4 Å². The topological polar surface area (TPSA) is 81.5 Å². The number of hydrogen-bond acceptors (Lipinski definition) is 6. The van der Waals surface area contributed by atoms with Crippen LogP contribution in [0.3, 0.4) is 0 Å². The van der Waals surface area contributed by atoms with Gasteiger partial charge in [-0.2, -0.15) is 5.26 Å². The molecule has 1 unspecified atom stereocenters. The summed E-state index contributed by atoms with van der Waals surface area (Å²) >= 11 is 7.44. The Hall–Kier alpha value is -1.30. The van der Waals surface area contributed by atoms with E-state index in [1.807, 2.05) is 6.07 Å². The summed E-state index contributed by atoms with van der Waals surface area (Å²) in [5.74, 6) is -0.0918. The highest BCUT2D eigenvalue weighted by molar-refractivity contribution is 7.91. The van der Waals surface area contributed by atoms with Gasteiger partial charge in [0, 0.05) is 23.9 Å². The van der Waals surface area contributed by atoms with Crippen LogP contribution in [0, 0.1) is 17.4 Å². The predicted molar refractivity (Wildman–Crippen MR) is 92.3 cm³/mol. The van der Waals surface area contributed by atoms with E-state index in [2.05, 4.69) is 6.19 Å². The molecule has 1 atom stereocenters. The van der Waals surface area contributed by atoms with Gasteiger partial charge in [-0.05, 0) is 25.0 Å². The molecule has 6 nitrogen and oxygen atoms in total. The Morgan fingerprint density at radius 3 is 2.58 bits per heavy atom. The number of rotatable bonds is 2. The van der Waals surface area contributed by atoms with Crippen LogP contribution in [-0.2, 0) is 14.6 Å². The van der Waals surface area contributed by atoms with E-state index in [1.54, 1.807) is 15.9 Å². The summed E-state index contributed by atoms with van der Waals surface area (Å²) < 4.78 is 23.8. The van der Waals surface area contributed by atoms with Gasteiger partial charge in [0.05, 0.1) is 28.4 Å². The minimum absolute atomic E-state index is 0.00277. The molecule has 2 aliphatic rings. The minimum Gasteiger partial charge on any atom is -0.331 e. The quantitative estimate of drug-likeness (QED) is 0.724. The molecule has 0 bridgehead atoms. The van der Waals surface area contributed by atoms with E-state index in [0.29, 0.717) is 36.8 Å². The average Bonchev–Trinajstić information content (AvgIpc) is 3.00. The van der Waals surface area contributed by atoms with Crippen LogP contribution >= 0.6 is 22.9 Å². The van der Waals surface area contributed by atoms with Gasteiger partial charge >= 0.3 is 0 Å². The third kappa shape index (κ3) is 3.68. The van der Waals surface area contributed by atoms with Crippen LogP contribution in [0.25, 0.3) is 0 Å². The molecule has 0 saturated carbocycles. The van der Waals surface area contributed by atoms with Crippen LogP contribution in [0.1, 0.15) is 23.8 Å². The van der Waals surface area contributed by atoms with Crippen molar-refractivity contribution in [2.75, 3.05) is 31.1 Å². The van der Waals surface area contributed by atoms with Crippen molar-refractivity contribution in [3.63, 3.8) is 0 Å². The number of amides is 1. The molecule has 0 spiro atoms. The zero-order chi connectivity index (χ0) is 17.3. The molecule has 2 saturated heterocycles. The van der Waals surface area contributed by atoms with Crippen LogP contribution in [-0.4, -0.2) is 55.3 Å². The lowest BCUT2D eigenvalue weighted by molar-refractivity contribution is -0.140. The van der Waals surface area contributed by atoms with Crippen molar-refractivity contribution < 1.29 is 13.2 Å². The highest BCUT2D eigenvalue weighted by atomic mass is 35.5. The number of nitriles is 1. The van der Waals surface area contributed by atoms with Crippen molar-refractivity contribution >= 4 is 38.7 Å². The van der Waals surface area contributed by atoms with Crippen LogP contribution in [0.4, 0.5) is 0 Å². The van der Waals surface area contributed by atoms with E-state index >= 15 is 0 Å². The average molecular weight is 388 g/mol. The van der Waals surface area contributed by atoms with Gasteiger partial charge in [0.25, 0.3) is 0 Å². The monoisotopic (exact) mass is 387 g/mol. The number of halogens is 1. The normalized spacial score (nSPS) is 24.6. The zero-order valence-corrected chi connectivity index (χ0v) is 15.4. The largest absolute Gasteiger partial charge is 0.331 e. The fraction of sp³-hybridized carbons (Fsp3) is 0.600. The van der Waals surface area contributed by atoms with E-state index in [1.165, 1.54) is 11.3 Å². The first-order valence-electron chi connectivity index (χ1n) is 7.80. The van der Waals surface area contributed by atoms with Crippen LogP contribution < -0.4 is 0 Å². The summed E-state index contributed by atoms with van der Waals surface area (Å²) in [4.78, 5) is 17.4. The molecule has 3 rings (SSSR count). The Morgan fingerprint density at radius 1 is 1.29 bits per heavy atom. The molecule has 0 radical (unpaired) electrons. The number of carbonyl (C=O) groups is 1. The molecule has 0 N–H and O–H groups in total. The van der Waals surface area contributed by atoms with Crippen molar-refractivity contribution in [1.82, 2.24) is 9.80 Å². The fourth-order valence-electron chi connectivity index (χ4n) is 3.26. The maximum Gasteiger partial charge on any atom is 0.226 e. The molecule has 3 heterocycles. The van der Waals surface area contributed by atoms with Gasteiger partial charge in [0.15, 0.2) is 6.19 Å². The molecule has 0 aromatic carbocycles. The third-order valence-electron chi connectivity index (χ3n) is 4.63. The first-order chi connectivity index (χ1) is 11.4. The van der Waals surface area contributed by atoms with Gasteiger partial charge in [-0.25, -0.2) is 8.42 Å². The van der Waals surface area contributed by atoms with Crippen molar-refractivity contribution in [2.24, 2.45) is 5.92 Å². The first-order valence-corrected chi connectivity index (χ1v) is 10.8. The van der Waals surface area contributed by atoms with Crippen molar-refractivity contribution in [2.45, 2.75) is 18.9 Å². The van der Waals surface area contributed by atoms with E-state index < -0.39 is 9.84 Å². The van der Waals surface area contributed by atoms with Gasteiger partial charge in [0.2, 0.25) is 5.91 Å². The minimum atomic E-state index is -2.99. The first kappa shape index (κ1) is 17.5. The Bertz CT molecular complexity index is 757. The maximum atomic E-state index is 13.0. The van der Waals surface area contributed by atoms with Crippen molar-refractivity contribution in [3.05, 3.63) is 21.3 Å². The van der Waals surface area contributed by atoms with Crippen molar-refractivity contribution in [1.29, 1.82) is 5.26 Å². The Kier molecular flexibility index (Phi) is 5.04. The molecule has 0 aliphatic carbocycles. The smallest absolute Gasteiger partial charge is 0.226 e. The number of hydrogen-bond donors (Lipinski definition) is 0. The highest BCUT2D eigenvalue weighted by Gasteiger charge is 2.37. The predicted octanol–water partition coefficient (Wildman–Crippen LogP) is 1.89. The second kappa shape index (κ2) is 6.90. The van der Waals surface area contributed by atoms with Gasteiger partial charge < -0.3 is 9.80 Å². The van der Waals surface area contributed by atoms with Crippen LogP contribution in [0.5, 0.6) is 0 Å². The lowest BCUT2D eigenvalue weighted by atomic mass is 9.98. The lowest BCUT2D eigenvalue weighted by Gasteiger charge is -2.41. The molecule has 130 valence electrons. The Labute approximate surface area is 150 Å². The molecular formula is C15H18ClN3O3S2. The molecule has 1 aromatic heterocycles. The van der Waals surface area contributed by atoms with Gasteiger partial charge in [-0.15, -0.1) is 11.3 Å². The molecular weight excluding hydrogens is 370 g/mol. The summed E-state index contributed by atoms with van der Waals surface area (Å²) in [6.45, 7) is 1.42. The standard InChI is InChI=1S/C15H18ClN3O3S2/c16-14-2-1-13(23-14)12-9-18(10-17)5-6-19(12)15(20)11-3-7-24(21,22)8-4-11/h1-2,11-12H,3-9H2. The second-order valence-electron chi connectivity index (χ2n) is 6.16. The molecule has 24 heavy (non-hydrogen) atoms. The van der Waals surface area contributed by atoms with E-state index in [9.17, 15) is 18.5 Å². The summed E-state index contributed by atoms with van der Waals surface area (Å²) in [5.41, 5.74) is 0. The maximum absolute atomic E-state index is 13.0. The summed E-state index contributed by atoms with van der Waals surface area (Å²) in [6, 6.07) is 3.48. The van der Waals surface area contributed by atoms with Crippen LogP contribution in [0.2, 0.25) is 4.34 Å². The summed E-state index contributed by atoms with van der Waals surface area (Å²) in [5, 5.41) is 9.18. The van der Waals surface area contributed by atoms with E-state index in [4.69, 9.17) is 11.6 Å². The number of sulfone groups is 1. The Balaban J connectivity index is 1.79. The second-order valence-corrected chi connectivity index (χ2v) is 10.2. The SMILES string of the molecule is N#CN1CCN(C(=O)C2CCS(=O)(=O)CC2)C(c2ccc(Cl)s2)C1. The number of nitrogens with zero attached hydrogens (tertiary/aromatic N) is 3. The molecule has 2 fully saturated rings. The van der Waals surface area contributed by atoms with Gasteiger partial charge in [-0.3, -0.25) is 4.79 Å². The third-order valence-corrected chi connectivity index (χ3v) is 7.68. The van der Waals surface area contributed by atoms with Crippen LogP contribution in [0.15, 0.2) is 12.1 Å². The van der Waals surface area contributed by atoms with Gasteiger partial charge in [0.1, 0.15) is 9.84 Å². The summed E-state index contributed by atoms with van der Waals surface area (Å²) in [7, 11) is -2.99. The molecule has 1 amide bonds. The zero-order valence-electron chi connectivity index (χ0n) is 13.0. The molecule has 2 aliphatic heterocycles. The molecule has 1 aromatic rings. The Morgan fingerprint density at radius 2 is 2.00 bits per heavy atom. The van der Waals surface area contributed by atoms with Crippen molar-refractivity contribution in [3.8, 4) is 6.19 Å². The fourth-order valence-corrected chi connectivity index (χ4v) is 5.92. The van der Waals surface area contributed by atoms with E-state index in [0.717, 1.165) is 4.88 Å². The number of piperazine rings is 1. The number of thiophene rings is 1. The summed E-state index contributed by atoms with van der Waals surface area (Å²) in [6.07, 6.45) is 2.92. The lowest BCUT2D eigenvalue weighted by Crippen LogP contribution is -2.51. The molecule has 9 heteroatoms. The van der Waals surface area contributed by atoms with Gasteiger partial charge in [-0.1, -0.05) is 11.6 Å². The highest BCUT2D eigenvalue weighted by Crippen LogP contribution is 2.34. The number of carbonyl (C=O) groups excluding carboxylic acids is 1.